The Morgan fingerprint density at radius 1 is 1.14 bits per heavy atom. The monoisotopic (exact) mass is 300 g/mol. The van der Waals surface area contributed by atoms with E-state index in [-0.39, 0.29) is 16.7 Å². The molecule has 0 aliphatic heterocycles. The van der Waals surface area contributed by atoms with Crippen molar-refractivity contribution in [3.8, 4) is 0 Å². The number of hydrogen-bond donors (Lipinski definition) is 0. The van der Waals surface area contributed by atoms with Crippen LogP contribution in [0.3, 0.4) is 0 Å². The van der Waals surface area contributed by atoms with Gasteiger partial charge in [-0.3, -0.25) is 4.79 Å². The summed E-state index contributed by atoms with van der Waals surface area (Å²) in [7, 11) is 1.85. The van der Waals surface area contributed by atoms with E-state index in [0.717, 1.165) is 19.3 Å². The molecular weight excluding hydrogens is 272 g/mol. The molecule has 4 aliphatic carbocycles. The fourth-order valence-electron chi connectivity index (χ4n) is 6.38. The molecule has 6 atom stereocenters. The summed E-state index contributed by atoms with van der Waals surface area (Å²) >= 11 is 0. The molecular formula is C20H28O2. The molecule has 4 aliphatic rings. The summed E-state index contributed by atoms with van der Waals surface area (Å²) in [5.41, 5.74) is 1.73. The zero-order valence-electron chi connectivity index (χ0n) is 14.1. The molecule has 0 bridgehead atoms. The van der Waals surface area contributed by atoms with Gasteiger partial charge in [-0.25, -0.2) is 0 Å². The van der Waals surface area contributed by atoms with E-state index in [9.17, 15) is 4.79 Å². The van der Waals surface area contributed by atoms with Crippen LogP contribution in [0, 0.1) is 28.6 Å². The van der Waals surface area contributed by atoms with Gasteiger partial charge in [0.1, 0.15) is 0 Å². The molecule has 2 fully saturated rings. The molecule has 22 heavy (non-hydrogen) atoms. The first-order valence-electron chi connectivity index (χ1n) is 8.96. The molecule has 0 heterocycles. The van der Waals surface area contributed by atoms with Gasteiger partial charge in [-0.1, -0.05) is 26.0 Å². The predicted molar refractivity (Wildman–Crippen MR) is 87.4 cm³/mol. The van der Waals surface area contributed by atoms with E-state index in [2.05, 4.69) is 26.0 Å². The Morgan fingerprint density at radius 3 is 2.73 bits per heavy atom. The van der Waals surface area contributed by atoms with Gasteiger partial charge in [0, 0.05) is 13.0 Å². The molecule has 0 N–H and O–H groups in total. The fourth-order valence-corrected chi connectivity index (χ4v) is 6.38. The summed E-state index contributed by atoms with van der Waals surface area (Å²) in [6.07, 6.45) is 13.9. The van der Waals surface area contributed by atoms with Crippen LogP contribution in [0.15, 0.2) is 23.8 Å². The number of carbonyl (C=O) groups is 1. The third-order valence-corrected chi connectivity index (χ3v) is 7.70. The minimum atomic E-state index is 0.206. The molecule has 120 valence electrons. The molecule has 2 heteroatoms. The molecule has 0 amide bonds. The predicted octanol–water partition coefficient (Wildman–Crippen LogP) is 4.31. The van der Waals surface area contributed by atoms with E-state index in [4.69, 9.17) is 4.74 Å². The van der Waals surface area contributed by atoms with Crippen molar-refractivity contribution in [2.24, 2.45) is 28.6 Å². The number of hydrogen-bond acceptors (Lipinski definition) is 2. The quantitative estimate of drug-likeness (QED) is 0.721. The molecule has 0 aromatic rings. The van der Waals surface area contributed by atoms with Crippen molar-refractivity contribution in [3.63, 3.8) is 0 Å². The van der Waals surface area contributed by atoms with Crippen LogP contribution < -0.4 is 0 Å². The Labute approximate surface area is 134 Å². The lowest BCUT2D eigenvalue weighted by molar-refractivity contribution is -0.135. The van der Waals surface area contributed by atoms with Gasteiger partial charge >= 0.3 is 0 Å². The van der Waals surface area contributed by atoms with Crippen molar-refractivity contribution in [1.82, 2.24) is 0 Å². The average Bonchev–Trinajstić information content (AvgIpc) is 2.84. The van der Waals surface area contributed by atoms with E-state index in [0.29, 0.717) is 23.7 Å². The first-order valence-corrected chi connectivity index (χ1v) is 8.96. The van der Waals surface area contributed by atoms with Crippen LogP contribution in [0.2, 0.25) is 0 Å². The maximum absolute atomic E-state index is 13.0. The van der Waals surface area contributed by atoms with E-state index >= 15 is 0 Å². The second kappa shape index (κ2) is 4.80. The number of carbonyl (C=O) groups excluding carboxylic acids is 1. The fraction of sp³-hybridized carbons (Fsp3) is 0.750. The number of methoxy groups -OCH3 is 1. The van der Waals surface area contributed by atoms with Gasteiger partial charge in [-0.15, -0.1) is 0 Å². The Bertz CT molecular complexity index is 560. The van der Waals surface area contributed by atoms with Crippen LogP contribution in [-0.4, -0.2) is 19.0 Å². The second-order valence-corrected chi connectivity index (χ2v) is 8.45. The molecule has 0 radical (unpaired) electrons. The van der Waals surface area contributed by atoms with Crippen molar-refractivity contribution >= 4 is 5.78 Å². The van der Waals surface area contributed by atoms with Gasteiger partial charge in [-0.05, 0) is 72.8 Å². The maximum atomic E-state index is 13.0. The lowest BCUT2D eigenvalue weighted by Gasteiger charge is -2.55. The van der Waals surface area contributed by atoms with Gasteiger partial charge in [0.05, 0.1) is 6.10 Å². The highest BCUT2D eigenvalue weighted by atomic mass is 16.5. The maximum Gasteiger partial charge on any atom is 0.159 e. The average molecular weight is 300 g/mol. The minimum Gasteiger partial charge on any atom is -0.381 e. The first kappa shape index (κ1) is 14.7. The Hall–Kier alpha value is -0.890. The normalized spacial score (nSPS) is 50.1. The SMILES string of the molecule is CO[C@H]1CC[C@H]2[C@@H]3C(=O)C=C4C=CCC[C@]4(C)[C@H]3CC[C@]12C. The van der Waals surface area contributed by atoms with Crippen molar-refractivity contribution in [2.45, 2.75) is 58.5 Å². The van der Waals surface area contributed by atoms with Crippen molar-refractivity contribution < 1.29 is 9.53 Å². The third-order valence-electron chi connectivity index (χ3n) is 7.70. The second-order valence-electron chi connectivity index (χ2n) is 8.45. The number of fused-ring (bicyclic) bond motifs is 5. The van der Waals surface area contributed by atoms with E-state index in [1.807, 2.05) is 13.2 Å². The van der Waals surface area contributed by atoms with Crippen molar-refractivity contribution in [2.75, 3.05) is 7.11 Å². The molecule has 2 saturated carbocycles. The van der Waals surface area contributed by atoms with E-state index in [1.165, 1.54) is 24.8 Å². The highest BCUT2D eigenvalue weighted by Crippen LogP contribution is 2.63. The van der Waals surface area contributed by atoms with Crippen LogP contribution in [0.25, 0.3) is 0 Å². The molecule has 0 aromatic heterocycles. The number of allylic oxidation sites excluding steroid dienone is 4. The van der Waals surface area contributed by atoms with E-state index in [1.54, 1.807) is 0 Å². The van der Waals surface area contributed by atoms with Crippen LogP contribution in [0.4, 0.5) is 0 Å². The summed E-state index contributed by atoms with van der Waals surface area (Å²) in [6, 6.07) is 0. The summed E-state index contributed by atoms with van der Waals surface area (Å²) in [5, 5.41) is 0. The smallest absolute Gasteiger partial charge is 0.159 e. The standard InChI is InChI=1S/C20H28O2/c1-19-10-5-4-6-13(19)12-16(21)18-14-7-8-17(22-3)20(14,2)11-9-15(18)19/h4,6,12,14-15,17-18H,5,7-11H2,1-3H3/t14-,15-,17-,18-,19-,20-/m0/s1. The zero-order valence-corrected chi connectivity index (χ0v) is 14.1. The lowest BCUT2D eigenvalue weighted by Crippen LogP contribution is -2.53. The van der Waals surface area contributed by atoms with Gasteiger partial charge in [-0.2, -0.15) is 0 Å². The van der Waals surface area contributed by atoms with Crippen LogP contribution in [0.1, 0.15) is 52.4 Å². The van der Waals surface area contributed by atoms with Crippen LogP contribution in [-0.2, 0) is 9.53 Å². The molecule has 4 rings (SSSR count). The number of ketones is 1. The van der Waals surface area contributed by atoms with Gasteiger partial charge in [0.2, 0.25) is 0 Å². The van der Waals surface area contributed by atoms with Crippen molar-refractivity contribution in [3.05, 3.63) is 23.8 Å². The first-order chi connectivity index (χ1) is 10.5. The highest BCUT2D eigenvalue weighted by molar-refractivity contribution is 5.95. The summed E-state index contributed by atoms with van der Waals surface area (Å²) in [6.45, 7) is 4.79. The molecule has 0 spiro atoms. The molecule has 0 saturated heterocycles. The summed E-state index contributed by atoms with van der Waals surface area (Å²) in [5.74, 6) is 1.69. The van der Waals surface area contributed by atoms with Crippen molar-refractivity contribution in [1.29, 1.82) is 0 Å². The van der Waals surface area contributed by atoms with Gasteiger partial charge < -0.3 is 4.74 Å². The topological polar surface area (TPSA) is 26.3 Å². The van der Waals surface area contributed by atoms with E-state index < -0.39 is 0 Å². The van der Waals surface area contributed by atoms with Crippen LogP contribution >= 0.6 is 0 Å². The number of rotatable bonds is 1. The minimum absolute atomic E-state index is 0.206. The molecule has 0 aromatic carbocycles. The Morgan fingerprint density at radius 2 is 1.95 bits per heavy atom. The number of ether oxygens (including phenoxy) is 1. The van der Waals surface area contributed by atoms with Gasteiger partial charge in [0.25, 0.3) is 0 Å². The zero-order chi connectivity index (χ0) is 15.5. The largest absolute Gasteiger partial charge is 0.381 e. The summed E-state index contributed by atoms with van der Waals surface area (Å²) < 4.78 is 5.79. The van der Waals surface area contributed by atoms with Crippen LogP contribution in [0.5, 0.6) is 0 Å². The highest BCUT2D eigenvalue weighted by Gasteiger charge is 2.60. The Kier molecular flexibility index (Phi) is 3.21. The van der Waals surface area contributed by atoms with Gasteiger partial charge in [0.15, 0.2) is 5.78 Å². The third kappa shape index (κ3) is 1.73. The summed E-state index contributed by atoms with van der Waals surface area (Å²) in [4.78, 5) is 13.0. The Balaban J connectivity index is 1.76. The molecule has 2 nitrogen and oxygen atoms in total. The lowest BCUT2D eigenvalue weighted by atomic mass is 9.48. The molecule has 0 unspecified atom stereocenters.